The summed E-state index contributed by atoms with van der Waals surface area (Å²) in [5.74, 6) is -0.720. The summed E-state index contributed by atoms with van der Waals surface area (Å²) >= 11 is 0. The average Bonchev–Trinajstić information content (AvgIpc) is 3.66. The fourth-order valence-corrected chi connectivity index (χ4v) is 6.82. The van der Waals surface area contributed by atoms with Gasteiger partial charge in [0.25, 0.3) is 5.91 Å². The lowest BCUT2D eigenvalue weighted by molar-refractivity contribution is -0.274. The maximum atomic E-state index is 13.0. The second-order valence-corrected chi connectivity index (χ2v) is 14.8. The summed E-state index contributed by atoms with van der Waals surface area (Å²) in [6.45, 7) is 9.31. The van der Waals surface area contributed by atoms with Crippen LogP contribution in [-0.2, 0) is 14.3 Å². The first-order valence-corrected chi connectivity index (χ1v) is 17.7. The molecule has 2 aliphatic carbocycles. The molecular weight excluding hydrogens is 695 g/mol. The summed E-state index contributed by atoms with van der Waals surface area (Å²) in [6, 6.07) is 13.8. The third-order valence-corrected chi connectivity index (χ3v) is 9.81. The summed E-state index contributed by atoms with van der Waals surface area (Å²) in [4.78, 5) is 34.2. The molecule has 0 unspecified atom stereocenters. The summed E-state index contributed by atoms with van der Waals surface area (Å²) in [5, 5.41) is 29.0. The second-order valence-electron chi connectivity index (χ2n) is 14.8. The van der Waals surface area contributed by atoms with Gasteiger partial charge in [0.15, 0.2) is 0 Å². The van der Waals surface area contributed by atoms with Gasteiger partial charge in [0.1, 0.15) is 17.9 Å². The largest absolute Gasteiger partial charge is 0.573 e. The molecule has 12 nitrogen and oxygen atoms in total. The number of amides is 2. The molecule has 5 rings (SSSR count). The van der Waals surface area contributed by atoms with Crippen LogP contribution >= 0.6 is 0 Å². The van der Waals surface area contributed by atoms with Gasteiger partial charge in [-0.1, -0.05) is 12.1 Å². The van der Waals surface area contributed by atoms with Crippen molar-refractivity contribution in [2.45, 2.75) is 83.2 Å². The van der Waals surface area contributed by atoms with Crippen LogP contribution in [0.3, 0.4) is 0 Å². The minimum atomic E-state index is -4.78. The Bertz CT molecular complexity index is 1700. The number of aliphatic hydroxyl groups excluding tert-OH is 2. The van der Waals surface area contributed by atoms with Gasteiger partial charge in [0.05, 0.1) is 42.3 Å². The second kappa shape index (κ2) is 16.8. The van der Waals surface area contributed by atoms with Gasteiger partial charge in [-0.05, 0) is 102 Å². The summed E-state index contributed by atoms with van der Waals surface area (Å²) in [7, 11) is 0. The molecule has 0 aliphatic heterocycles. The SMILES string of the molecule is CC(C)(CCNC(=O)[C@H]1C[C@@H]2C[C@H]1[C@@H](O)[C@H]2O)OCCC(C)(C)OCCNC(=O)c1cccc(-c2cc(Nc3ccc(OC(F)(F)F)cc3)ncn2)c1. The van der Waals surface area contributed by atoms with Gasteiger partial charge in [0.2, 0.25) is 5.91 Å². The Balaban J connectivity index is 1.00. The van der Waals surface area contributed by atoms with E-state index in [-0.39, 0.29) is 48.5 Å². The predicted octanol–water partition coefficient (Wildman–Crippen LogP) is 5.38. The topological polar surface area (TPSA) is 164 Å². The first-order valence-electron chi connectivity index (χ1n) is 17.7. The number of carbonyl (C=O) groups is 2. The lowest BCUT2D eigenvalue weighted by atomic mass is 9.84. The third-order valence-electron chi connectivity index (χ3n) is 9.81. The molecule has 2 aromatic carbocycles. The molecule has 0 saturated heterocycles. The standard InChI is InChI=1S/C38H48F3N5O7/c1-36(2,12-14-42-35(50)29-20-25-19-28(29)33(48)32(25)47)51-16-13-37(3,4)52-17-15-43-34(49)24-7-5-6-23(18-24)30-21-31(45-22-44-30)46-26-8-10-27(11-9-26)53-38(39,40)41/h5-11,18,21-22,25,28-29,32-33,47-48H,12-17,19-20H2,1-4H3,(H,42,50)(H,43,49)(H,44,45,46)/t25-,28+,29-,32-,33+/m0/s1. The van der Waals surface area contributed by atoms with Gasteiger partial charge < -0.3 is 40.4 Å². The molecule has 5 N–H and O–H groups in total. The molecule has 15 heteroatoms. The first-order chi connectivity index (χ1) is 25.0. The molecule has 5 atom stereocenters. The van der Waals surface area contributed by atoms with E-state index in [4.69, 9.17) is 9.47 Å². The number of aromatic nitrogens is 2. The van der Waals surface area contributed by atoms with E-state index >= 15 is 0 Å². The minimum Gasteiger partial charge on any atom is -0.406 e. The molecule has 1 aromatic heterocycles. The van der Waals surface area contributed by atoms with Crippen molar-refractivity contribution < 1.29 is 47.2 Å². The monoisotopic (exact) mass is 743 g/mol. The van der Waals surface area contributed by atoms with E-state index in [0.29, 0.717) is 67.2 Å². The Hall–Kier alpha value is -4.31. The maximum absolute atomic E-state index is 13.0. The fraction of sp³-hybridized carbons (Fsp3) is 0.526. The van der Waals surface area contributed by atoms with E-state index in [1.54, 1.807) is 30.3 Å². The van der Waals surface area contributed by atoms with Gasteiger partial charge >= 0.3 is 6.36 Å². The van der Waals surface area contributed by atoms with Crippen molar-refractivity contribution in [3.63, 3.8) is 0 Å². The molecule has 2 fully saturated rings. The predicted molar refractivity (Wildman–Crippen MR) is 190 cm³/mol. The van der Waals surface area contributed by atoms with Crippen LogP contribution in [0.25, 0.3) is 11.3 Å². The van der Waals surface area contributed by atoms with E-state index in [1.165, 1.54) is 30.6 Å². The van der Waals surface area contributed by atoms with Gasteiger partial charge in [-0.2, -0.15) is 0 Å². The minimum absolute atomic E-state index is 0.00143. The molecular formula is C38H48F3N5O7. The van der Waals surface area contributed by atoms with Gasteiger partial charge in [0, 0.05) is 41.9 Å². The molecule has 288 valence electrons. The van der Waals surface area contributed by atoms with Gasteiger partial charge in [-0.25, -0.2) is 9.97 Å². The van der Waals surface area contributed by atoms with Crippen molar-refractivity contribution in [2.75, 3.05) is 31.6 Å². The third kappa shape index (κ3) is 11.3. The Morgan fingerprint density at radius 2 is 1.57 bits per heavy atom. The van der Waals surface area contributed by atoms with Crippen LogP contribution in [0.5, 0.6) is 5.75 Å². The maximum Gasteiger partial charge on any atom is 0.573 e. The molecule has 1 heterocycles. The molecule has 2 amide bonds. The number of nitrogens with zero attached hydrogens (tertiary/aromatic N) is 2. The summed E-state index contributed by atoms with van der Waals surface area (Å²) in [5.41, 5.74) is 1.13. The first kappa shape index (κ1) is 39.9. The number of aliphatic hydroxyl groups is 2. The summed E-state index contributed by atoms with van der Waals surface area (Å²) < 4.78 is 53.4. The van der Waals surface area contributed by atoms with Crippen molar-refractivity contribution in [2.24, 2.45) is 17.8 Å². The molecule has 53 heavy (non-hydrogen) atoms. The molecule has 0 spiro atoms. The number of benzene rings is 2. The van der Waals surface area contributed by atoms with E-state index in [0.717, 1.165) is 0 Å². The quantitative estimate of drug-likeness (QED) is 0.114. The average molecular weight is 744 g/mol. The van der Waals surface area contributed by atoms with Crippen LogP contribution in [0.2, 0.25) is 0 Å². The highest BCUT2D eigenvalue weighted by Gasteiger charge is 2.53. The lowest BCUT2D eigenvalue weighted by Gasteiger charge is -2.31. The number of hydrogen-bond acceptors (Lipinski definition) is 10. The highest BCUT2D eigenvalue weighted by atomic mass is 19.4. The van der Waals surface area contributed by atoms with E-state index in [9.17, 15) is 33.0 Å². The highest BCUT2D eigenvalue weighted by molar-refractivity contribution is 5.95. The number of rotatable bonds is 17. The van der Waals surface area contributed by atoms with E-state index in [1.807, 2.05) is 27.7 Å². The molecule has 2 aliphatic rings. The van der Waals surface area contributed by atoms with Crippen LogP contribution in [0.15, 0.2) is 60.9 Å². The number of hydrogen-bond donors (Lipinski definition) is 5. The zero-order valence-electron chi connectivity index (χ0n) is 30.3. The summed E-state index contributed by atoms with van der Waals surface area (Å²) in [6.07, 6.45) is -2.45. The van der Waals surface area contributed by atoms with Crippen LogP contribution in [0.1, 0.15) is 63.7 Å². The van der Waals surface area contributed by atoms with E-state index in [2.05, 4.69) is 30.7 Å². The molecule has 2 bridgehead atoms. The number of anilines is 2. The Morgan fingerprint density at radius 1 is 0.849 bits per heavy atom. The fourth-order valence-electron chi connectivity index (χ4n) is 6.82. The molecule has 3 aromatic rings. The van der Waals surface area contributed by atoms with E-state index < -0.39 is 29.8 Å². The van der Waals surface area contributed by atoms with Crippen molar-refractivity contribution in [1.29, 1.82) is 0 Å². The molecule has 2 saturated carbocycles. The normalized spacial score (nSPS) is 21.3. The zero-order valence-corrected chi connectivity index (χ0v) is 30.3. The van der Waals surface area contributed by atoms with Crippen LogP contribution < -0.4 is 20.7 Å². The Labute approximate surface area is 306 Å². The van der Waals surface area contributed by atoms with Crippen molar-refractivity contribution >= 4 is 23.3 Å². The van der Waals surface area contributed by atoms with Gasteiger partial charge in [-0.3, -0.25) is 9.59 Å². The number of nitrogens with one attached hydrogen (secondary N) is 3. The number of ether oxygens (including phenoxy) is 3. The van der Waals surface area contributed by atoms with Crippen molar-refractivity contribution in [1.82, 2.24) is 20.6 Å². The highest BCUT2D eigenvalue weighted by Crippen LogP contribution is 2.48. The smallest absolute Gasteiger partial charge is 0.406 e. The number of carbonyl (C=O) groups excluding carboxylic acids is 2. The van der Waals surface area contributed by atoms with Crippen molar-refractivity contribution in [3.8, 4) is 17.0 Å². The van der Waals surface area contributed by atoms with Crippen LogP contribution in [-0.4, -0.2) is 88.1 Å². The van der Waals surface area contributed by atoms with Crippen molar-refractivity contribution in [3.05, 3.63) is 66.5 Å². The van der Waals surface area contributed by atoms with Crippen LogP contribution in [0, 0.1) is 17.8 Å². The number of halogens is 3. The van der Waals surface area contributed by atoms with Gasteiger partial charge in [-0.15, -0.1) is 13.2 Å². The number of fused-ring (bicyclic) bond motifs is 2. The molecule has 0 radical (unpaired) electrons. The lowest BCUT2D eigenvalue weighted by Crippen LogP contribution is -2.44. The Morgan fingerprint density at radius 3 is 2.26 bits per heavy atom. The zero-order chi connectivity index (χ0) is 38.4. The number of alkyl halides is 3. The van der Waals surface area contributed by atoms with Crippen LogP contribution in [0.4, 0.5) is 24.7 Å². The Kier molecular flexibility index (Phi) is 12.6.